The first-order chi connectivity index (χ1) is 17.3. The Balaban J connectivity index is 1.78. The third kappa shape index (κ3) is 5.06. The number of rotatable bonds is 10. The van der Waals surface area contributed by atoms with Crippen molar-refractivity contribution in [3.8, 4) is 22.9 Å². The predicted molar refractivity (Wildman–Crippen MR) is 137 cm³/mol. The van der Waals surface area contributed by atoms with Crippen molar-refractivity contribution in [1.82, 2.24) is 19.6 Å². The van der Waals surface area contributed by atoms with Crippen molar-refractivity contribution in [3.05, 3.63) is 64.3 Å². The van der Waals surface area contributed by atoms with E-state index in [-0.39, 0.29) is 16.3 Å². The number of H-pyrrole nitrogens is 1. The van der Waals surface area contributed by atoms with E-state index in [2.05, 4.69) is 19.8 Å². The fraction of sp³-hybridized carbons (Fsp3) is 0.320. The number of anilines is 1. The van der Waals surface area contributed by atoms with E-state index >= 15 is 0 Å². The molecule has 0 saturated heterocycles. The van der Waals surface area contributed by atoms with E-state index in [9.17, 15) is 13.2 Å². The van der Waals surface area contributed by atoms with E-state index in [0.717, 1.165) is 6.42 Å². The Morgan fingerprint density at radius 2 is 1.75 bits per heavy atom. The normalized spacial score (nSPS) is 11.6. The summed E-state index contributed by atoms with van der Waals surface area (Å²) >= 11 is 0. The van der Waals surface area contributed by atoms with Crippen LogP contribution in [0.15, 0.2) is 52.2 Å². The van der Waals surface area contributed by atoms with Crippen molar-refractivity contribution in [1.29, 1.82) is 0 Å². The second-order valence-corrected chi connectivity index (χ2v) is 9.76. The number of sulfonamides is 1. The highest BCUT2D eigenvalue weighted by Crippen LogP contribution is 2.31. The van der Waals surface area contributed by atoms with Gasteiger partial charge >= 0.3 is 0 Å². The smallest absolute Gasteiger partial charge is 0.277 e. The first-order valence-corrected chi connectivity index (χ1v) is 13.3. The van der Waals surface area contributed by atoms with Crippen LogP contribution in [0.3, 0.4) is 0 Å². The number of aromatic nitrogens is 4. The SMILES string of the molecule is CCCc1nc(C)c2c(=O)[nH]c(-c3cc(S(=O)(=O)Nc4ccc(OCC)cc4)ccc3OCC)nn12. The summed E-state index contributed by atoms with van der Waals surface area (Å²) in [6.07, 6.45) is 1.47. The zero-order valence-corrected chi connectivity index (χ0v) is 21.5. The summed E-state index contributed by atoms with van der Waals surface area (Å²) < 4.78 is 41.6. The summed E-state index contributed by atoms with van der Waals surface area (Å²) in [6.45, 7) is 8.33. The lowest BCUT2D eigenvalue weighted by atomic mass is 10.2. The molecule has 0 unspecified atom stereocenters. The molecule has 0 aliphatic heterocycles. The van der Waals surface area contributed by atoms with Gasteiger partial charge in [-0.05, 0) is 69.7 Å². The summed E-state index contributed by atoms with van der Waals surface area (Å²) in [7, 11) is -3.95. The quantitative estimate of drug-likeness (QED) is 0.330. The molecular formula is C25H29N5O5S. The van der Waals surface area contributed by atoms with Crippen LogP contribution in [0.25, 0.3) is 16.9 Å². The Morgan fingerprint density at radius 3 is 2.42 bits per heavy atom. The maximum absolute atomic E-state index is 13.2. The van der Waals surface area contributed by atoms with Gasteiger partial charge in [0.2, 0.25) is 0 Å². The van der Waals surface area contributed by atoms with Crippen molar-refractivity contribution < 1.29 is 17.9 Å². The highest BCUT2D eigenvalue weighted by atomic mass is 32.2. The maximum Gasteiger partial charge on any atom is 0.277 e. The Labute approximate surface area is 209 Å². The van der Waals surface area contributed by atoms with Crippen LogP contribution < -0.4 is 19.8 Å². The molecule has 2 N–H and O–H groups in total. The molecule has 4 aromatic rings. The molecule has 36 heavy (non-hydrogen) atoms. The minimum atomic E-state index is -3.95. The molecular weight excluding hydrogens is 482 g/mol. The molecule has 0 atom stereocenters. The van der Waals surface area contributed by atoms with E-state index in [1.807, 2.05) is 20.8 Å². The third-order valence-electron chi connectivity index (χ3n) is 5.45. The fourth-order valence-electron chi connectivity index (χ4n) is 3.89. The molecule has 0 amide bonds. The van der Waals surface area contributed by atoms with Crippen molar-refractivity contribution in [2.75, 3.05) is 17.9 Å². The van der Waals surface area contributed by atoms with Gasteiger partial charge in [-0.1, -0.05) is 6.92 Å². The van der Waals surface area contributed by atoms with Crippen molar-refractivity contribution in [2.24, 2.45) is 0 Å². The van der Waals surface area contributed by atoms with Gasteiger partial charge in [-0.25, -0.2) is 17.9 Å². The topological polar surface area (TPSA) is 128 Å². The Kier molecular flexibility index (Phi) is 7.30. The third-order valence-corrected chi connectivity index (χ3v) is 6.83. The second kappa shape index (κ2) is 10.4. The highest BCUT2D eigenvalue weighted by molar-refractivity contribution is 7.92. The van der Waals surface area contributed by atoms with Crippen molar-refractivity contribution >= 4 is 21.2 Å². The molecule has 11 heteroatoms. The molecule has 0 aliphatic rings. The van der Waals surface area contributed by atoms with Crippen LogP contribution in [0.4, 0.5) is 5.69 Å². The van der Waals surface area contributed by atoms with Gasteiger partial charge in [-0.3, -0.25) is 9.52 Å². The van der Waals surface area contributed by atoms with Crippen molar-refractivity contribution in [3.63, 3.8) is 0 Å². The zero-order chi connectivity index (χ0) is 25.9. The molecule has 4 rings (SSSR count). The van der Waals surface area contributed by atoms with Crippen LogP contribution in [-0.2, 0) is 16.4 Å². The van der Waals surface area contributed by atoms with Crippen LogP contribution in [-0.4, -0.2) is 41.2 Å². The molecule has 0 spiro atoms. The number of aromatic amines is 1. The molecule has 0 aliphatic carbocycles. The Hall–Kier alpha value is -3.86. The van der Waals surface area contributed by atoms with Crippen LogP contribution in [0, 0.1) is 6.92 Å². The molecule has 10 nitrogen and oxygen atoms in total. The number of aryl methyl sites for hydroxylation is 2. The fourth-order valence-corrected chi connectivity index (χ4v) is 4.97. The standard InChI is InChI=1S/C25H29N5O5S/c1-5-8-22-26-16(4)23-25(31)27-24(28-30(22)23)20-15-19(13-14-21(20)35-7-3)36(32,33)29-17-9-11-18(12-10-17)34-6-2/h9-15,29H,5-8H2,1-4H3,(H,27,28,31). The van der Waals surface area contributed by atoms with Crippen LogP contribution in [0.2, 0.25) is 0 Å². The van der Waals surface area contributed by atoms with Gasteiger partial charge in [-0.15, -0.1) is 5.10 Å². The van der Waals surface area contributed by atoms with Crippen molar-refractivity contribution in [2.45, 2.75) is 45.4 Å². The number of nitrogens with zero attached hydrogens (tertiary/aromatic N) is 3. The van der Waals surface area contributed by atoms with E-state index in [0.29, 0.717) is 59.4 Å². The number of fused-ring (bicyclic) bond motifs is 1. The van der Waals surface area contributed by atoms with Gasteiger partial charge in [0.1, 0.15) is 17.3 Å². The van der Waals surface area contributed by atoms with Gasteiger partial charge < -0.3 is 14.5 Å². The van der Waals surface area contributed by atoms with E-state index < -0.39 is 10.0 Å². The van der Waals surface area contributed by atoms with Crippen LogP contribution in [0.1, 0.15) is 38.7 Å². The average molecular weight is 512 g/mol. The van der Waals surface area contributed by atoms with Crippen LogP contribution >= 0.6 is 0 Å². The predicted octanol–water partition coefficient (Wildman–Crippen LogP) is 3.94. The summed E-state index contributed by atoms with van der Waals surface area (Å²) in [5.74, 6) is 1.89. The zero-order valence-electron chi connectivity index (χ0n) is 20.7. The summed E-state index contributed by atoms with van der Waals surface area (Å²) in [5.41, 5.74) is 1.32. The number of hydrogen-bond acceptors (Lipinski definition) is 7. The lowest BCUT2D eigenvalue weighted by Crippen LogP contribution is -2.17. The number of imidazole rings is 1. The number of nitrogens with one attached hydrogen (secondary N) is 2. The highest BCUT2D eigenvalue weighted by Gasteiger charge is 2.21. The first kappa shape index (κ1) is 25.2. The second-order valence-electron chi connectivity index (χ2n) is 8.08. The molecule has 0 bridgehead atoms. The minimum absolute atomic E-state index is 0.00632. The number of hydrogen-bond donors (Lipinski definition) is 2. The lowest BCUT2D eigenvalue weighted by molar-refractivity contribution is 0.340. The van der Waals surface area contributed by atoms with Gasteiger partial charge in [-0.2, -0.15) is 0 Å². The molecule has 190 valence electrons. The van der Waals surface area contributed by atoms with E-state index in [1.54, 1.807) is 37.3 Å². The van der Waals surface area contributed by atoms with Gasteiger partial charge in [0.05, 0.1) is 29.4 Å². The first-order valence-electron chi connectivity index (χ1n) is 11.8. The molecule has 2 aromatic carbocycles. The average Bonchev–Trinajstić information content (AvgIpc) is 3.16. The monoisotopic (exact) mass is 511 g/mol. The number of ether oxygens (including phenoxy) is 2. The largest absolute Gasteiger partial charge is 0.494 e. The van der Waals surface area contributed by atoms with E-state index in [1.165, 1.54) is 16.6 Å². The Morgan fingerprint density at radius 1 is 1.03 bits per heavy atom. The molecule has 0 fully saturated rings. The van der Waals surface area contributed by atoms with E-state index in [4.69, 9.17) is 9.47 Å². The number of benzene rings is 2. The Bertz CT molecular complexity index is 1540. The molecule has 0 radical (unpaired) electrons. The van der Waals surface area contributed by atoms with Gasteiger partial charge in [0, 0.05) is 12.1 Å². The molecule has 0 saturated carbocycles. The van der Waals surface area contributed by atoms with Gasteiger partial charge in [0.15, 0.2) is 11.3 Å². The lowest BCUT2D eigenvalue weighted by Gasteiger charge is -2.14. The maximum atomic E-state index is 13.2. The van der Waals surface area contributed by atoms with Gasteiger partial charge in [0.25, 0.3) is 15.6 Å². The summed E-state index contributed by atoms with van der Waals surface area (Å²) in [6, 6.07) is 11.1. The molecule has 2 heterocycles. The minimum Gasteiger partial charge on any atom is -0.494 e. The van der Waals surface area contributed by atoms with Crippen LogP contribution in [0.5, 0.6) is 11.5 Å². The molecule has 2 aromatic heterocycles. The summed E-state index contributed by atoms with van der Waals surface area (Å²) in [5, 5.41) is 4.61. The summed E-state index contributed by atoms with van der Waals surface area (Å²) in [4.78, 5) is 20.2.